The van der Waals surface area contributed by atoms with Crippen LogP contribution in [0.3, 0.4) is 0 Å². The van der Waals surface area contributed by atoms with Gasteiger partial charge < -0.3 is 4.90 Å². The van der Waals surface area contributed by atoms with Gasteiger partial charge >= 0.3 is 16.4 Å². The van der Waals surface area contributed by atoms with Crippen molar-refractivity contribution in [2.45, 2.75) is 24.9 Å². The fraction of sp³-hybridized carbons (Fsp3) is 0.417. The van der Waals surface area contributed by atoms with Gasteiger partial charge in [-0.25, -0.2) is 4.79 Å². The molecular weight excluding hydrogens is 342 g/mol. The second kappa shape index (κ2) is 6.22. The molecule has 1 aromatic rings. The number of fused-ring (bicyclic) bond motifs is 2. The molecule has 1 unspecified atom stereocenters. The van der Waals surface area contributed by atoms with Crippen molar-refractivity contribution in [2.75, 3.05) is 12.0 Å². The molecule has 1 aromatic heterocycles. The van der Waals surface area contributed by atoms with Crippen molar-refractivity contribution in [3.8, 4) is 0 Å². The molecule has 3 amide bonds. The number of pyridine rings is 1. The average molecular weight is 357 g/mol. The van der Waals surface area contributed by atoms with E-state index in [1.54, 1.807) is 18.3 Å². The van der Waals surface area contributed by atoms with Crippen molar-refractivity contribution in [3.63, 3.8) is 0 Å². The third-order valence-electron chi connectivity index (χ3n) is 3.79. The second-order valence-electron chi connectivity index (χ2n) is 5.37. The quantitative estimate of drug-likeness (QED) is 0.474. The number of amides is 3. The maximum atomic E-state index is 12.3. The minimum absolute atomic E-state index is 0.138. The number of nitrogens with zero attached hydrogens (tertiary/aromatic N) is 3. The van der Waals surface area contributed by atoms with Gasteiger partial charge in [0.25, 0.3) is 5.91 Å². The first kappa shape index (κ1) is 16.4. The number of anilines is 1. The molecule has 2 aliphatic rings. The van der Waals surface area contributed by atoms with Crippen molar-refractivity contribution >= 4 is 28.0 Å². The van der Waals surface area contributed by atoms with E-state index in [1.165, 1.54) is 11.1 Å². The van der Waals surface area contributed by atoms with E-state index in [0.29, 0.717) is 23.6 Å². The van der Waals surface area contributed by atoms with Crippen molar-refractivity contribution in [1.29, 1.82) is 0 Å². The summed E-state index contributed by atoms with van der Waals surface area (Å²) in [6.45, 7) is 0.138. The largest absolute Gasteiger partial charge is 0.418 e. The van der Waals surface area contributed by atoms with E-state index in [4.69, 9.17) is 4.55 Å². The summed E-state index contributed by atoms with van der Waals surface area (Å²) in [6, 6.07) is 1.31. The molecule has 0 aromatic carbocycles. The van der Waals surface area contributed by atoms with Crippen LogP contribution in [0.25, 0.3) is 0 Å². The van der Waals surface area contributed by atoms with Crippen LogP contribution in [0.15, 0.2) is 24.5 Å². The summed E-state index contributed by atoms with van der Waals surface area (Å²) in [5.74, 6) is -0.445. The van der Waals surface area contributed by atoms with Crippen molar-refractivity contribution in [2.24, 2.45) is 0 Å². The molecule has 3 heterocycles. The first-order chi connectivity index (χ1) is 11.3. The Balaban J connectivity index is 1.64. The van der Waals surface area contributed by atoms with Crippen LogP contribution >= 0.6 is 0 Å². The molecule has 0 radical (unpaired) electrons. The van der Waals surface area contributed by atoms with Crippen LogP contribution in [0.4, 0.5) is 10.5 Å². The smallest absolute Gasteiger partial charge is 0.309 e. The molecule has 2 atom stereocenters. The summed E-state index contributed by atoms with van der Waals surface area (Å²) < 4.78 is 34.7. The van der Waals surface area contributed by atoms with Gasteiger partial charge in [0.1, 0.15) is 6.04 Å². The lowest BCUT2D eigenvalue weighted by molar-refractivity contribution is -0.125. The van der Waals surface area contributed by atoms with E-state index in [2.05, 4.69) is 20.1 Å². The molecule has 0 saturated carbocycles. The van der Waals surface area contributed by atoms with E-state index in [9.17, 15) is 18.0 Å². The predicted molar refractivity (Wildman–Crippen MR) is 79.4 cm³/mol. The Bertz CT molecular complexity index is 742. The normalized spacial score (nSPS) is 23.3. The maximum Gasteiger partial charge on any atom is 0.418 e. The first-order valence-electron chi connectivity index (χ1n) is 7.08. The van der Waals surface area contributed by atoms with Gasteiger partial charge in [-0.1, -0.05) is 0 Å². The summed E-state index contributed by atoms with van der Waals surface area (Å²) in [4.78, 5) is 29.6. The van der Waals surface area contributed by atoms with Crippen LogP contribution < -0.4 is 10.9 Å². The van der Waals surface area contributed by atoms with Gasteiger partial charge in [-0.2, -0.15) is 13.5 Å². The monoisotopic (exact) mass is 357 g/mol. The van der Waals surface area contributed by atoms with E-state index < -0.39 is 34.4 Å². The molecular formula is C12H15N5O6S. The Kier molecular flexibility index (Phi) is 4.26. The summed E-state index contributed by atoms with van der Waals surface area (Å²) in [5, 5.41) is 0.594. The maximum absolute atomic E-state index is 12.3. The molecule has 2 fully saturated rings. The third-order valence-corrected chi connectivity index (χ3v) is 4.14. The highest BCUT2D eigenvalue weighted by Gasteiger charge is 2.49. The molecule has 2 bridgehead atoms. The van der Waals surface area contributed by atoms with Gasteiger partial charge in [-0.05, 0) is 25.0 Å². The van der Waals surface area contributed by atoms with Crippen LogP contribution in [0.1, 0.15) is 12.8 Å². The lowest BCUT2D eigenvalue weighted by Gasteiger charge is -2.29. The molecule has 12 heteroatoms. The standard InChI is InChI=1S/C12H15N5O6S/c18-11(15-14-8-2-1-5-13-6-8)10-4-3-9-7-16(10)12(19)17(9)23-24(20,21)22/h1-2,5-6,9-10,14H,3-4,7H2,(H,15,18)(H,20,21,22)/t9?,10-/m0/s1. The second-order valence-corrected chi connectivity index (χ2v) is 6.37. The number of carbonyl (C=O) groups is 2. The highest BCUT2D eigenvalue weighted by molar-refractivity contribution is 7.80. The van der Waals surface area contributed by atoms with Gasteiger partial charge in [0.15, 0.2) is 0 Å². The zero-order valence-electron chi connectivity index (χ0n) is 12.3. The number of rotatable bonds is 5. The van der Waals surface area contributed by atoms with Crippen LogP contribution in [0.5, 0.6) is 0 Å². The SMILES string of the molecule is O=C(NNc1cccnc1)[C@@H]1CCC2CN1C(=O)N2OS(=O)(=O)O. The van der Waals surface area contributed by atoms with E-state index in [1.807, 2.05) is 0 Å². The summed E-state index contributed by atoms with van der Waals surface area (Å²) in [6.07, 6.45) is 3.80. The molecule has 0 spiro atoms. The predicted octanol–water partition coefficient (Wildman–Crippen LogP) is -0.472. The van der Waals surface area contributed by atoms with Gasteiger partial charge in [0.05, 0.1) is 17.9 Å². The Labute approximate surface area is 137 Å². The van der Waals surface area contributed by atoms with E-state index in [0.717, 1.165) is 0 Å². The summed E-state index contributed by atoms with van der Waals surface area (Å²) in [5.41, 5.74) is 5.74. The van der Waals surface area contributed by atoms with Gasteiger partial charge in [-0.3, -0.25) is 25.2 Å². The zero-order chi connectivity index (χ0) is 17.3. The molecule has 3 N–H and O–H groups in total. The van der Waals surface area contributed by atoms with Gasteiger partial charge in [0, 0.05) is 12.7 Å². The van der Waals surface area contributed by atoms with Gasteiger partial charge in [0.2, 0.25) is 0 Å². The highest BCUT2D eigenvalue weighted by atomic mass is 32.3. The Morgan fingerprint density at radius 3 is 2.88 bits per heavy atom. The van der Waals surface area contributed by atoms with E-state index >= 15 is 0 Å². The summed E-state index contributed by atoms with van der Waals surface area (Å²) >= 11 is 0. The van der Waals surface area contributed by atoms with Crippen LogP contribution in [-0.4, -0.2) is 58.5 Å². The van der Waals surface area contributed by atoms with E-state index in [-0.39, 0.29) is 6.54 Å². The number of hydrazine groups is 1. The number of urea groups is 1. The lowest BCUT2D eigenvalue weighted by atomic mass is 10.0. The average Bonchev–Trinajstić information content (AvgIpc) is 2.77. The number of piperidine rings is 1. The first-order valence-corrected chi connectivity index (χ1v) is 8.44. The van der Waals surface area contributed by atoms with Crippen LogP contribution in [0.2, 0.25) is 0 Å². The van der Waals surface area contributed by atoms with Crippen LogP contribution in [-0.2, 0) is 19.5 Å². The Morgan fingerprint density at radius 2 is 2.21 bits per heavy atom. The third kappa shape index (κ3) is 3.39. The minimum atomic E-state index is -4.80. The molecule has 2 saturated heterocycles. The molecule has 24 heavy (non-hydrogen) atoms. The number of carbonyl (C=O) groups excluding carboxylic acids is 2. The zero-order valence-corrected chi connectivity index (χ0v) is 13.1. The van der Waals surface area contributed by atoms with Gasteiger partial charge in [-0.15, -0.1) is 4.28 Å². The molecule has 130 valence electrons. The van der Waals surface area contributed by atoms with Crippen molar-refractivity contribution in [1.82, 2.24) is 20.4 Å². The number of aromatic nitrogens is 1. The molecule has 2 aliphatic heterocycles. The number of hydroxylamine groups is 2. The number of hydrogen-bond donors (Lipinski definition) is 3. The molecule has 3 rings (SSSR count). The highest BCUT2D eigenvalue weighted by Crippen LogP contribution is 2.30. The van der Waals surface area contributed by atoms with Crippen molar-refractivity contribution < 1.29 is 26.8 Å². The lowest BCUT2D eigenvalue weighted by Crippen LogP contribution is -2.51. The minimum Gasteiger partial charge on any atom is -0.309 e. The Hall–Kier alpha value is -2.44. The molecule has 11 nitrogen and oxygen atoms in total. The molecule has 0 aliphatic carbocycles. The Morgan fingerprint density at radius 1 is 1.42 bits per heavy atom. The topological polar surface area (TPSA) is 141 Å². The number of hydrogen-bond acceptors (Lipinski definition) is 7. The van der Waals surface area contributed by atoms with Crippen LogP contribution in [0, 0.1) is 0 Å². The summed E-state index contributed by atoms with van der Waals surface area (Å²) in [7, 11) is -4.80. The fourth-order valence-corrected chi connectivity index (χ4v) is 3.15. The number of nitrogens with one attached hydrogen (secondary N) is 2. The fourth-order valence-electron chi connectivity index (χ4n) is 2.76. The van der Waals surface area contributed by atoms with Crippen molar-refractivity contribution in [3.05, 3.63) is 24.5 Å².